The third-order valence-electron chi connectivity index (χ3n) is 6.11. The first kappa shape index (κ1) is 25.9. The lowest BCUT2D eigenvalue weighted by Gasteiger charge is -2.37. The number of carbonyl (C=O) groups excluding carboxylic acids is 3. The zero-order valence-electron chi connectivity index (χ0n) is 20.1. The predicted octanol–water partition coefficient (Wildman–Crippen LogP) is 5.76. The number of hydrogen-bond acceptors (Lipinski definition) is 7. The van der Waals surface area contributed by atoms with Crippen LogP contribution in [-0.2, 0) is 31.1 Å². The molecule has 7 nitrogen and oxygen atoms in total. The number of esters is 1. The Bertz CT molecular complexity index is 1280. The third kappa shape index (κ3) is 4.91. The molecular weight excluding hydrogens is 544 g/mol. The highest BCUT2D eigenvalue weighted by molar-refractivity contribution is 9.10. The first-order valence-corrected chi connectivity index (χ1v) is 12.6. The Hall–Kier alpha value is -3.13. The van der Waals surface area contributed by atoms with E-state index in [1.54, 1.807) is 51.1 Å². The second-order valence-corrected chi connectivity index (χ2v) is 10.8. The summed E-state index contributed by atoms with van der Waals surface area (Å²) >= 11 is 8.19. The highest BCUT2D eigenvalue weighted by Crippen LogP contribution is 2.52. The summed E-state index contributed by atoms with van der Waals surface area (Å²) in [6.45, 7) is 5.28. The minimum absolute atomic E-state index is 0.00339. The van der Waals surface area contributed by atoms with Gasteiger partial charge in [-0.1, -0.05) is 64.5 Å². The maximum Gasteiger partial charge on any atom is 0.421 e. The smallest absolute Gasteiger partial charge is 0.421 e. The number of carbonyl (C=O) groups is 3. The molecule has 2 amide bonds. The quantitative estimate of drug-likeness (QED) is 0.202. The number of isothiocyanates is 1. The van der Waals surface area contributed by atoms with Gasteiger partial charge in [0, 0.05) is 4.47 Å². The van der Waals surface area contributed by atoms with Gasteiger partial charge in [0.05, 0.1) is 22.8 Å². The largest absolute Gasteiger partial charge is 0.460 e. The molecule has 0 aromatic heterocycles. The van der Waals surface area contributed by atoms with E-state index in [4.69, 9.17) is 21.7 Å². The summed E-state index contributed by atoms with van der Waals surface area (Å²) in [6.07, 6.45) is 2.72. The summed E-state index contributed by atoms with van der Waals surface area (Å²) in [5, 5.41) is 2.35. The molecule has 186 valence electrons. The average molecular weight is 569 g/mol. The van der Waals surface area contributed by atoms with Gasteiger partial charge in [-0.3, -0.25) is 9.59 Å². The number of benzene rings is 2. The minimum atomic E-state index is -1.46. The van der Waals surface area contributed by atoms with Crippen LogP contribution in [0.1, 0.15) is 38.3 Å². The molecule has 0 fully saturated rings. The molecule has 0 radical (unpaired) electrons. The number of halogens is 1. The Labute approximate surface area is 223 Å². The van der Waals surface area contributed by atoms with Crippen molar-refractivity contribution in [1.29, 1.82) is 0 Å². The molecule has 0 bridgehead atoms. The first-order chi connectivity index (χ1) is 17.1. The molecule has 1 aliphatic heterocycles. The van der Waals surface area contributed by atoms with Crippen LogP contribution in [0.3, 0.4) is 0 Å². The van der Waals surface area contributed by atoms with Gasteiger partial charge in [-0.05, 0) is 62.7 Å². The van der Waals surface area contributed by atoms with Gasteiger partial charge < -0.3 is 9.47 Å². The van der Waals surface area contributed by atoms with Crippen LogP contribution in [-0.4, -0.2) is 34.8 Å². The van der Waals surface area contributed by atoms with Crippen LogP contribution in [0, 0.1) is 5.92 Å². The Morgan fingerprint density at radius 3 is 2.61 bits per heavy atom. The number of fused-ring (bicyclic) bond motifs is 2. The van der Waals surface area contributed by atoms with Gasteiger partial charge >= 0.3 is 12.1 Å². The van der Waals surface area contributed by atoms with Crippen molar-refractivity contribution < 1.29 is 23.9 Å². The maximum absolute atomic E-state index is 14.1. The van der Waals surface area contributed by atoms with E-state index in [2.05, 4.69) is 26.1 Å². The highest BCUT2D eigenvalue weighted by atomic mass is 79.9. The van der Waals surface area contributed by atoms with Crippen LogP contribution >= 0.6 is 28.1 Å². The van der Waals surface area contributed by atoms with Crippen molar-refractivity contribution in [2.45, 2.75) is 50.9 Å². The van der Waals surface area contributed by atoms with Crippen LogP contribution in [0.25, 0.3) is 0 Å². The van der Waals surface area contributed by atoms with E-state index >= 15 is 0 Å². The summed E-state index contributed by atoms with van der Waals surface area (Å²) < 4.78 is 11.9. The summed E-state index contributed by atoms with van der Waals surface area (Å²) in [7, 11) is 0. The second-order valence-electron chi connectivity index (χ2n) is 9.68. The lowest BCUT2D eigenvalue weighted by atomic mass is 9.65. The van der Waals surface area contributed by atoms with Crippen molar-refractivity contribution in [2.75, 3.05) is 4.90 Å². The van der Waals surface area contributed by atoms with Crippen LogP contribution in [0.4, 0.5) is 10.5 Å². The van der Waals surface area contributed by atoms with E-state index in [9.17, 15) is 14.4 Å². The molecule has 0 saturated carbocycles. The number of ether oxygens (including phenoxy) is 2. The fourth-order valence-electron chi connectivity index (χ4n) is 4.62. The molecule has 1 spiro atoms. The zero-order chi connectivity index (χ0) is 26.1. The molecule has 2 aromatic carbocycles. The molecule has 1 heterocycles. The van der Waals surface area contributed by atoms with Crippen LogP contribution in [0.5, 0.6) is 0 Å². The molecule has 2 aromatic rings. The normalized spacial score (nSPS) is 22.7. The number of nitrogens with zero attached hydrogens (tertiary/aromatic N) is 2. The standard InChI is InChI=1S/C27H25BrN2O5S/c1-26(2,3)35-23(31)21-14-19(29-16-36)11-12-27(21)20-10-9-18(28)13-22(20)30(24(27)32)25(33)34-15-17-7-5-4-6-8-17/h4-13,19,21H,14-15H2,1-3H3/t19-,21-,27-/m0/s1. The molecule has 4 rings (SSSR count). The number of imide groups is 1. The van der Waals surface area contributed by atoms with E-state index in [1.165, 1.54) is 0 Å². The summed E-state index contributed by atoms with van der Waals surface area (Å²) in [5.74, 6) is -2.08. The van der Waals surface area contributed by atoms with Gasteiger partial charge in [-0.25, -0.2) is 14.7 Å². The number of aliphatic imine (C=N–C) groups is 1. The number of anilines is 1. The van der Waals surface area contributed by atoms with E-state index in [1.807, 2.05) is 30.3 Å². The number of rotatable bonds is 4. The Kier molecular flexibility index (Phi) is 7.27. The van der Waals surface area contributed by atoms with E-state index in [0.717, 1.165) is 10.5 Å². The van der Waals surface area contributed by atoms with Crippen LogP contribution < -0.4 is 4.90 Å². The number of amides is 2. The molecule has 1 aliphatic carbocycles. The van der Waals surface area contributed by atoms with Crippen LogP contribution in [0.15, 0.2) is 70.1 Å². The second kappa shape index (κ2) is 10.1. The highest BCUT2D eigenvalue weighted by Gasteiger charge is 2.60. The fourth-order valence-corrected chi connectivity index (χ4v) is 5.10. The molecular formula is C27H25BrN2O5S. The van der Waals surface area contributed by atoms with Crippen molar-refractivity contribution >= 4 is 57.0 Å². The SMILES string of the molecule is CC(C)(C)OC(=O)[C@@H]1C[C@@H](N=C=S)C=C[C@@]12C(=O)N(C(=O)OCc1ccccc1)c1cc(Br)ccc12. The van der Waals surface area contributed by atoms with E-state index in [0.29, 0.717) is 15.7 Å². The minimum Gasteiger partial charge on any atom is -0.460 e. The van der Waals surface area contributed by atoms with Gasteiger partial charge in [0.25, 0.3) is 5.91 Å². The average Bonchev–Trinajstić information content (AvgIpc) is 3.06. The summed E-state index contributed by atoms with van der Waals surface area (Å²) in [6, 6.07) is 13.9. The van der Waals surface area contributed by atoms with Gasteiger partial charge in [-0.15, -0.1) is 0 Å². The summed E-state index contributed by atoms with van der Waals surface area (Å²) in [4.78, 5) is 46.0. The van der Waals surface area contributed by atoms with Crippen molar-refractivity contribution in [3.8, 4) is 0 Å². The van der Waals surface area contributed by atoms with Crippen molar-refractivity contribution in [3.05, 3.63) is 76.3 Å². The lowest BCUT2D eigenvalue weighted by molar-refractivity contribution is -0.164. The molecule has 0 N–H and O–H groups in total. The molecule has 0 saturated heterocycles. The Morgan fingerprint density at radius 2 is 1.94 bits per heavy atom. The number of thiocarbonyl (C=S) groups is 1. The van der Waals surface area contributed by atoms with Gasteiger partial charge in [0.15, 0.2) is 0 Å². The fraction of sp³-hybridized carbons (Fsp3) is 0.333. The van der Waals surface area contributed by atoms with Gasteiger partial charge in [0.2, 0.25) is 0 Å². The monoisotopic (exact) mass is 568 g/mol. The van der Waals surface area contributed by atoms with Crippen molar-refractivity contribution in [1.82, 2.24) is 0 Å². The predicted molar refractivity (Wildman–Crippen MR) is 142 cm³/mol. The third-order valence-corrected chi connectivity index (χ3v) is 6.71. The molecule has 3 atom stereocenters. The number of hydrogen-bond donors (Lipinski definition) is 0. The summed E-state index contributed by atoms with van der Waals surface area (Å²) in [5.41, 5.74) is -0.586. The molecule has 0 unspecified atom stereocenters. The topological polar surface area (TPSA) is 85.3 Å². The van der Waals surface area contributed by atoms with E-state index < -0.39 is 40.9 Å². The molecule has 36 heavy (non-hydrogen) atoms. The zero-order valence-corrected chi connectivity index (χ0v) is 22.5. The molecule has 2 aliphatic rings. The van der Waals surface area contributed by atoms with Gasteiger partial charge in [0.1, 0.15) is 17.6 Å². The molecule has 9 heteroatoms. The Balaban J connectivity index is 1.79. The maximum atomic E-state index is 14.1. The van der Waals surface area contributed by atoms with Crippen molar-refractivity contribution in [2.24, 2.45) is 10.9 Å². The first-order valence-electron chi connectivity index (χ1n) is 11.4. The van der Waals surface area contributed by atoms with Crippen molar-refractivity contribution in [3.63, 3.8) is 0 Å². The van der Waals surface area contributed by atoms with Crippen LogP contribution in [0.2, 0.25) is 0 Å². The van der Waals surface area contributed by atoms with Gasteiger partial charge in [-0.2, -0.15) is 0 Å². The lowest BCUT2D eigenvalue weighted by Crippen LogP contribution is -2.52. The Morgan fingerprint density at radius 1 is 1.22 bits per heavy atom. The van der Waals surface area contributed by atoms with E-state index in [-0.39, 0.29) is 13.0 Å².